The number of hydrogen-bond acceptors (Lipinski definition) is 6. The number of furan rings is 1. The van der Waals surface area contributed by atoms with Crippen LogP contribution < -0.4 is 5.43 Å². The lowest BCUT2D eigenvalue weighted by Gasteiger charge is -1.99. The minimum Gasteiger partial charge on any atom is -0.455 e. The lowest BCUT2D eigenvalue weighted by molar-refractivity contribution is -0.384. The first kappa shape index (κ1) is 16.1. The van der Waals surface area contributed by atoms with Crippen molar-refractivity contribution in [2.75, 3.05) is 0 Å². The molecular formula is C17H12N4O4. The molecule has 3 rings (SSSR count). The lowest BCUT2D eigenvalue weighted by atomic mass is 10.1. The molecule has 1 aromatic carbocycles. The Morgan fingerprint density at radius 1 is 1.16 bits per heavy atom. The largest absolute Gasteiger partial charge is 0.455 e. The maximum Gasteiger partial charge on any atom is 0.280 e. The van der Waals surface area contributed by atoms with Crippen LogP contribution in [0.3, 0.4) is 0 Å². The fraction of sp³-hybridized carbons (Fsp3) is 0. The molecule has 25 heavy (non-hydrogen) atoms. The average Bonchev–Trinajstić information content (AvgIpc) is 3.11. The zero-order valence-corrected chi connectivity index (χ0v) is 12.8. The van der Waals surface area contributed by atoms with E-state index in [2.05, 4.69) is 15.5 Å². The summed E-state index contributed by atoms with van der Waals surface area (Å²) < 4.78 is 5.53. The van der Waals surface area contributed by atoms with E-state index in [1.54, 1.807) is 42.5 Å². The predicted molar refractivity (Wildman–Crippen MR) is 90.1 cm³/mol. The molecule has 8 heteroatoms. The van der Waals surface area contributed by atoms with E-state index < -0.39 is 4.92 Å². The highest BCUT2D eigenvalue weighted by Gasteiger charge is 2.16. The first-order chi connectivity index (χ1) is 12.1. The van der Waals surface area contributed by atoms with Gasteiger partial charge in [0.25, 0.3) is 11.6 Å². The monoisotopic (exact) mass is 336 g/mol. The van der Waals surface area contributed by atoms with Gasteiger partial charge >= 0.3 is 0 Å². The number of carbonyl (C=O) groups excluding carboxylic acids is 1. The van der Waals surface area contributed by atoms with E-state index in [0.717, 1.165) is 0 Å². The highest BCUT2D eigenvalue weighted by molar-refractivity contribution is 5.94. The third-order valence-corrected chi connectivity index (χ3v) is 3.29. The Bertz CT molecular complexity index is 935. The smallest absolute Gasteiger partial charge is 0.280 e. The fourth-order valence-corrected chi connectivity index (χ4v) is 2.13. The van der Waals surface area contributed by atoms with Crippen molar-refractivity contribution >= 4 is 17.8 Å². The number of nitro groups is 1. The molecule has 2 heterocycles. The predicted octanol–water partition coefficient (Wildman–Crippen LogP) is 3.01. The molecule has 0 aliphatic heterocycles. The van der Waals surface area contributed by atoms with Gasteiger partial charge in [0.1, 0.15) is 11.5 Å². The van der Waals surface area contributed by atoms with E-state index in [4.69, 9.17) is 4.42 Å². The maximum atomic E-state index is 11.8. The van der Waals surface area contributed by atoms with Crippen LogP contribution in [0.25, 0.3) is 11.3 Å². The summed E-state index contributed by atoms with van der Waals surface area (Å²) in [7, 11) is 0. The molecule has 2 aromatic heterocycles. The van der Waals surface area contributed by atoms with Crippen LogP contribution in [-0.2, 0) is 0 Å². The van der Waals surface area contributed by atoms with Crippen LogP contribution in [0, 0.1) is 10.1 Å². The fourth-order valence-electron chi connectivity index (χ4n) is 2.13. The van der Waals surface area contributed by atoms with Gasteiger partial charge in [-0.1, -0.05) is 12.1 Å². The Morgan fingerprint density at radius 3 is 2.68 bits per heavy atom. The second-order valence-corrected chi connectivity index (χ2v) is 4.91. The Balaban J connectivity index is 1.72. The van der Waals surface area contributed by atoms with Crippen LogP contribution in [0.5, 0.6) is 0 Å². The molecular weight excluding hydrogens is 324 g/mol. The maximum absolute atomic E-state index is 11.8. The van der Waals surface area contributed by atoms with Gasteiger partial charge in [0.2, 0.25) is 0 Å². The molecule has 0 aliphatic carbocycles. The number of benzene rings is 1. The van der Waals surface area contributed by atoms with E-state index in [-0.39, 0.29) is 11.6 Å². The van der Waals surface area contributed by atoms with E-state index in [1.165, 1.54) is 24.7 Å². The molecule has 124 valence electrons. The highest BCUT2D eigenvalue weighted by atomic mass is 16.6. The minimum atomic E-state index is -0.472. The van der Waals surface area contributed by atoms with Crippen LogP contribution in [0.4, 0.5) is 5.69 Å². The van der Waals surface area contributed by atoms with E-state index in [9.17, 15) is 14.9 Å². The molecule has 3 aromatic rings. The number of nitro benzene ring substituents is 1. The molecule has 0 atom stereocenters. The molecule has 0 fully saturated rings. The summed E-state index contributed by atoms with van der Waals surface area (Å²) in [5.74, 6) is 0.307. The molecule has 1 amide bonds. The Kier molecular flexibility index (Phi) is 4.61. The van der Waals surface area contributed by atoms with Gasteiger partial charge in [-0.25, -0.2) is 5.43 Å². The minimum absolute atomic E-state index is 0.0497. The summed E-state index contributed by atoms with van der Waals surface area (Å²) in [5.41, 5.74) is 3.10. The number of carbonyl (C=O) groups is 1. The van der Waals surface area contributed by atoms with E-state index >= 15 is 0 Å². The molecule has 0 radical (unpaired) electrons. The van der Waals surface area contributed by atoms with Gasteiger partial charge in [-0.15, -0.1) is 0 Å². The van der Waals surface area contributed by atoms with Crippen molar-refractivity contribution in [1.29, 1.82) is 0 Å². The van der Waals surface area contributed by atoms with Crippen molar-refractivity contribution in [3.8, 4) is 11.3 Å². The van der Waals surface area contributed by atoms with Crippen LogP contribution in [0.15, 0.2) is 70.4 Å². The summed E-state index contributed by atoms with van der Waals surface area (Å²) in [6, 6.07) is 12.6. The summed E-state index contributed by atoms with van der Waals surface area (Å²) in [5, 5.41) is 14.9. The second-order valence-electron chi connectivity index (χ2n) is 4.91. The number of nitrogens with zero attached hydrogens (tertiary/aromatic N) is 3. The van der Waals surface area contributed by atoms with Crippen molar-refractivity contribution in [3.63, 3.8) is 0 Å². The summed E-state index contributed by atoms with van der Waals surface area (Å²) in [4.78, 5) is 26.2. The number of hydrogen-bond donors (Lipinski definition) is 1. The third kappa shape index (κ3) is 3.75. The third-order valence-electron chi connectivity index (χ3n) is 3.29. The van der Waals surface area contributed by atoms with Gasteiger partial charge < -0.3 is 4.42 Å². The van der Waals surface area contributed by atoms with Crippen molar-refractivity contribution < 1.29 is 14.1 Å². The van der Waals surface area contributed by atoms with Crippen molar-refractivity contribution in [3.05, 3.63) is 82.4 Å². The first-order valence-corrected chi connectivity index (χ1v) is 7.22. The summed E-state index contributed by atoms with van der Waals surface area (Å²) >= 11 is 0. The van der Waals surface area contributed by atoms with Gasteiger partial charge in [-0.3, -0.25) is 19.9 Å². The number of aromatic nitrogens is 1. The SMILES string of the molecule is O=C(N/N=C\c1ccc(-c2ccccc2[N+](=O)[O-])o1)c1ccncc1. The standard InChI is InChI=1S/C17H12N4O4/c22-17(12-7-9-18-10-8-12)20-19-11-13-5-6-16(25-13)14-3-1-2-4-15(14)21(23)24/h1-11H,(H,20,22)/b19-11-. The summed E-state index contributed by atoms with van der Waals surface area (Å²) in [6.45, 7) is 0. The number of rotatable bonds is 5. The van der Waals surface area contributed by atoms with E-state index in [1.807, 2.05) is 0 Å². The van der Waals surface area contributed by atoms with E-state index in [0.29, 0.717) is 22.6 Å². The number of para-hydroxylation sites is 1. The zero-order valence-electron chi connectivity index (χ0n) is 12.8. The molecule has 0 unspecified atom stereocenters. The zero-order chi connectivity index (χ0) is 17.6. The van der Waals surface area contributed by atoms with Gasteiger partial charge in [-0.05, 0) is 30.3 Å². The van der Waals surface area contributed by atoms with Gasteiger partial charge in [0, 0.05) is 24.0 Å². The molecule has 0 spiro atoms. The number of pyridine rings is 1. The first-order valence-electron chi connectivity index (χ1n) is 7.22. The highest BCUT2D eigenvalue weighted by Crippen LogP contribution is 2.30. The average molecular weight is 336 g/mol. The Hall–Kier alpha value is -3.81. The van der Waals surface area contributed by atoms with Crippen LogP contribution in [0.1, 0.15) is 16.1 Å². The van der Waals surface area contributed by atoms with Gasteiger partial charge in [0.05, 0.1) is 16.7 Å². The second kappa shape index (κ2) is 7.18. The lowest BCUT2D eigenvalue weighted by Crippen LogP contribution is -2.17. The topological polar surface area (TPSA) is 111 Å². The number of amides is 1. The normalized spacial score (nSPS) is 10.7. The molecule has 1 N–H and O–H groups in total. The van der Waals surface area contributed by atoms with Gasteiger partial charge in [0.15, 0.2) is 0 Å². The Morgan fingerprint density at radius 2 is 1.92 bits per heavy atom. The molecule has 0 saturated heterocycles. The van der Waals surface area contributed by atoms with Crippen molar-refractivity contribution in [1.82, 2.24) is 10.4 Å². The summed E-state index contributed by atoms with van der Waals surface area (Å²) in [6.07, 6.45) is 4.33. The molecule has 0 bridgehead atoms. The Labute approximate surface area is 142 Å². The van der Waals surface area contributed by atoms with Crippen LogP contribution in [0.2, 0.25) is 0 Å². The van der Waals surface area contributed by atoms with Crippen LogP contribution in [-0.4, -0.2) is 22.0 Å². The molecule has 8 nitrogen and oxygen atoms in total. The van der Waals surface area contributed by atoms with Gasteiger partial charge in [-0.2, -0.15) is 5.10 Å². The number of nitrogens with one attached hydrogen (secondary N) is 1. The van der Waals surface area contributed by atoms with Crippen LogP contribution >= 0.6 is 0 Å². The molecule has 0 saturated carbocycles. The van der Waals surface area contributed by atoms with Crippen molar-refractivity contribution in [2.45, 2.75) is 0 Å². The quantitative estimate of drug-likeness (QED) is 0.437. The molecule has 0 aliphatic rings. The number of hydrazone groups is 1. The van der Waals surface area contributed by atoms with Crippen molar-refractivity contribution in [2.24, 2.45) is 5.10 Å².